The number of hydrogen-bond donors (Lipinski definition) is 0. The van der Waals surface area contributed by atoms with E-state index in [1.807, 2.05) is 0 Å². The number of Topliss-reactive ketones (excluding diaryl/α,β-unsaturated/α-hetero) is 1. The lowest BCUT2D eigenvalue weighted by Gasteiger charge is -2.20. The van der Waals surface area contributed by atoms with E-state index in [-0.39, 0.29) is 5.78 Å². The van der Waals surface area contributed by atoms with Crippen molar-refractivity contribution in [3.05, 3.63) is 23.9 Å². The molecule has 1 aliphatic carbocycles. The second-order valence-electron chi connectivity index (χ2n) is 5.03. The molecule has 1 heterocycles. The maximum atomic E-state index is 12.1. The molecule has 0 bridgehead atoms. The van der Waals surface area contributed by atoms with Crippen LogP contribution < -0.4 is 4.74 Å². The number of methoxy groups -OCH3 is 1. The molecular formula is C15H21NO2. The highest BCUT2D eigenvalue weighted by Gasteiger charge is 2.17. The predicted molar refractivity (Wildman–Crippen MR) is 70.9 cm³/mol. The maximum absolute atomic E-state index is 12.1. The van der Waals surface area contributed by atoms with Crippen LogP contribution in [0.15, 0.2) is 18.3 Å². The van der Waals surface area contributed by atoms with Gasteiger partial charge in [0.05, 0.1) is 12.7 Å². The topological polar surface area (TPSA) is 39.2 Å². The van der Waals surface area contributed by atoms with Crippen molar-refractivity contribution >= 4 is 5.78 Å². The lowest BCUT2D eigenvalue weighted by molar-refractivity contribution is 0.0966. The van der Waals surface area contributed by atoms with Crippen molar-refractivity contribution in [1.82, 2.24) is 4.98 Å². The van der Waals surface area contributed by atoms with Crippen molar-refractivity contribution in [3.8, 4) is 5.88 Å². The fourth-order valence-electron chi connectivity index (χ4n) is 2.71. The van der Waals surface area contributed by atoms with Crippen molar-refractivity contribution in [2.75, 3.05) is 7.11 Å². The summed E-state index contributed by atoms with van der Waals surface area (Å²) in [4.78, 5) is 16.2. The van der Waals surface area contributed by atoms with E-state index in [2.05, 4.69) is 4.98 Å². The number of ketones is 1. The van der Waals surface area contributed by atoms with Gasteiger partial charge in [0.25, 0.3) is 0 Å². The van der Waals surface area contributed by atoms with E-state index in [0.717, 1.165) is 12.3 Å². The third-order valence-electron chi connectivity index (χ3n) is 3.77. The Kier molecular flexibility index (Phi) is 4.73. The fraction of sp³-hybridized carbons (Fsp3) is 0.600. The lowest BCUT2D eigenvalue weighted by Crippen LogP contribution is -2.10. The van der Waals surface area contributed by atoms with Crippen LogP contribution in [-0.4, -0.2) is 17.9 Å². The summed E-state index contributed by atoms with van der Waals surface area (Å²) in [6.45, 7) is 0. The minimum atomic E-state index is 0.158. The van der Waals surface area contributed by atoms with Gasteiger partial charge in [-0.3, -0.25) is 4.79 Å². The zero-order valence-electron chi connectivity index (χ0n) is 11.0. The molecule has 1 aromatic rings. The van der Waals surface area contributed by atoms with Gasteiger partial charge in [-0.2, -0.15) is 0 Å². The Bertz CT molecular complexity index is 397. The molecule has 1 saturated carbocycles. The molecule has 0 unspecified atom stereocenters. The van der Waals surface area contributed by atoms with Crippen molar-refractivity contribution in [1.29, 1.82) is 0 Å². The summed E-state index contributed by atoms with van der Waals surface area (Å²) in [6.07, 6.45) is 9.88. The van der Waals surface area contributed by atoms with E-state index in [1.165, 1.54) is 32.1 Å². The third-order valence-corrected chi connectivity index (χ3v) is 3.77. The molecule has 18 heavy (non-hydrogen) atoms. The number of aromatic nitrogens is 1. The van der Waals surface area contributed by atoms with Crippen LogP contribution in [0.4, 0.5) is 0 Å². The van der Waals surface area contributed by atoms with Crippen LogP contribution in [0.5, 0.6) is 5.88 Å². The molecule has 3 nitrogen and oxygen atoms in total. The highest BCUT2D eigenvalue weighted by Crippen LogP contribution is 2.28. The first kappa shape index (κ1) is 13.1. The van der Waals surface area contributed by atoms with Gasteiger partial charge < -0.3 is 4.74 Å². The summed E-state index contributed by atoms with van der Waals surface area (Å²) in [5, 5.41) is 0. The fourth-order valence-corrected chi connectivity index (χ4v) is 2.71. The first-order valence-electron chi connectivity index (χ1n) is 6.83. The molecule has 0 N–H and O–H groups in total. The minimum absolute atomic E-state index is 0.158. The Balaban J connectivity index is 1.90. The van der Waals surface area contributed by atoms with E-state index in [1.54, 1.807) is 25.4 Å². The molecular weight excluding hydrogens is 226 g/mol. The van der Waals surface area contributed by atoms with Crippen LogP contribution >= 0.6 is 0 Å². The molecule has 0 saturated heterocycles. The Morgan fingerprint density at radius 2 is 2.17 bits per heavy atom. The van der Waals surface area contributed by atoms with Crippen molar-refractivity contribution in [3.63, 3.8) is 0 Å². The minimum Gasteiger partial charge on any atom is -0.480 e. The molecule has 3 heteroatoms. The molecule has 1 aliphatic rings. The van der Waals surface area contributed by atoms with Gasteiger partial charge >= 0.3 is 0 Å². The van der Waals surface area contributed by atoms with Gasteiger partial charge in [0, 0.05) is 12.6 Å². The largest absolute Gasteiger partial charge is 0.480 e. The number of carbonyl (C=O) groups excluding carboxylic acids is 1. The summed E-state index contributed by atoms with van der Waals surface area (Å²) in [7, 11) is 1.56. The predicted octanol–water partition coefficient (Wildman–Crippen LogP) is 3.63. The Labute approximate surface area is 109 Å². The van der Waals surface area contributed by atoms with Crippen LogP contribution in [0, 0.1) is 5.92 Å². The molecule has 0 spiro atoms. The van der Waals surface area contributed by atoms with E-state index in [9.17, 15) is 4.79 Å². The molecule has 2 rings (SSSR count). The smallest absolute Gasteiger partial charge is 0.224 e. The average Bonchev–Trinajstić information content (AvgIpc) is 2.45. The molecule has 0 radical (unpaired) electrons. The SMILES string of the molecule is COc1ncccc1C(=O)CCC1CCCCC1. The summed E-state index contributed by atoms with van der Waals surface area (Å²) in [5.41, 5.74) is 0.621. The van der Waals surface area contributed by atoms with Crippen molar-refractivity contribution in [2.45, 2.75) is 44.9 Å². The van der Waals surface area contributed by atoms with Gasteiger partial charge in [0.1, 0.15) is 0 Å². The molecule has 0 aromatic carbocycles. The number of ether oxygens (including phenoxy) is 1. The zero-order valence-corrected chi connectivity index (χ0v) is 11.0. The van der Waals surface area contributed by atoms with E-state index in [4.69, 9.17) is 4.74 Å². The standard InChI is InChI=1S/C15H21NO2/c1-18-15-13(8-5-11-16-15)14(17)10-9-12-6-3-2-4-7-12/h5,8,11-12H,2-4,6-7,9-10H2,1H3. The van der Waals surface area contributed by atoms with Gasteiger partial charge in [0.15, 0.2) is 5.78 Å². The Morgan fingerprint density at radius 3 is 2.89 bits per heavy atom. The molecule has 1 aromatic heterocycles. The number of hydrogen-bond acceptors (Lipinski definition) is 3. The molecule has 0 amide bonds. The molecule has 1 fully saturated rings. The second-order valence-corrected chi connectivity index (χ2v) is 5.03. The first-order chi connectivity index (χ1) is 8.81. The van der Waals surface area contributed by atoms with Crippen molar-refractivity contribution < 1.29 is 9.53 Å². The third kappa shape index (κ3) is 3.31. The molecule has 0 atom stereocenters. The van der Waals surface area contributed by atoms with Gasteiger partial charge in [0.2, 0.25) is 5.88 Å². The normalized spacial score (nSPS) is 16.5. The zero-order chi connectivity index (χ0) is 12.8. The number of carbonyl (C=O) groups is 1. The summed E-state index contributed by atoms with van der Waals surface area (Å²) in [5.74, 6) is 1.35. The first-order valence-corrected chi connectivity index (χ1v) is 6.83. The molecule has 0 aliphatic heterocycles. The summed E-state index contributed by atoms with van der Waals surface area (Å²) >= 11 is 0. The van der Waals surface area contributed by atoms with Crippen LogP contribution in [0.2, 0.25) is 0 Å². The maximum Gasteiger partial charge on any atom is 0.224 e. The van der Waals surface area contributed by atoms with Crippen molar-refractivity contribution in [2.24, 2.45) is 5.92 Å². The lowest BCUT2D eigenvalue weighted by atomic mass is 9.85. The van der Waals surface area contributed by atoms with Crippen LogP contribution in [0.25, 0.3) is 0 Å². The van der Waals surface area contributed by atoms with Crippen LogP contribution in [0.1, 0.15) is 55.3 Å². The van der Waals surface area contributed by atoms with Crippen LogP contribution in [0.3, 0.4) is 0 Å². The highest BCUT2D eigenvalue weighted by molar-refractivity contribution is 5.98. The summed E-state index contributed by atoms with van der Waals surface area (Å²) in [6, 6.07) is 3.59. The van der Waals surface area contributed by atoms with E-state index < -0.39 is 0 Å². The van der Waals surface area contributed by atoms with Gasteiger partial charge in [-0.1, -0.05) is 32.1 Å². The number of nitrogens with zero attached hydrogens (tertiary/aromatic N) is 1. The average molecular weight is 247 g/mol. The Morgan fingerprint density at radius 1 is 1.39 bits per heavy atom. The summed E-state index contributed by atoms with van der Waals surface area (Å²) < 4.78 is 5.13. The Hall–Kier alpha value is -1.38. The van der Waals surface area contributed by atoms with E-state index in [0.29, 0.717) is 17.9 Å². The second kappa shape index (κ2) is 6.53. The van der Waals surface area contributed by atoms with E-state index >= 15 is 0 Å². The number of rotatable bonds is 5. The monoisotopic (exact) mass is 247 g/mol. The van der Waals surface area contributed by atoms with Crippen LogP contribution in [-0.2, 0) is 0 Å². The quantitative estimate of drug-likeness (QED) is 0.746. The highest BCUT2D eigenvalue weighted by atomic mass is 16.5. The van der Waals surface area contributed by atoms with Gasteiger partial charge in [-0.15, -0.1) is 0 Å². The number of pyridine rings is 1. The van der Waals surface area contributed by atoms with Gasteiger partial charge in [-0.05, 0) is 24.5 Å². The van der Waals surface area contributed by atoms with Gasteiger partial charge in [-0.25, -0.2) is 4.98 Å². The molecule has 98 valence electrons.